The average molecular weight is 555 g/mol. The van der Waals surface area contributed by atoms with E-state index in [1.165, 1.54) is 16.7 Å². The first kappa shape index (κ1) is 28.8. The van der Waals surface area contributed by atoms with Crippen molar-refractivity contribution >= 4 is 23.2 Å². The first-order valence-corrected chi connectivity index (χ1v) is 14.7. The van der Waals surface area contributed by atoms with Gasteiger partial charge < -0.3 is 20.3 Å². The largest absolute Gasteiger partial charge is 0.379 e. The second-order valence-electron chi connectivity index (χ2n) is 12.0. The van der Waals surface area contributed by atoms with Gasteiger partial charge in [-0.05, 0) is 71.8 Å². The van der Waals surface area contributed by atoms with Gasteiger partial charge in [0.2, 0.25) is 0 Å². The fourth-order valence-corrected chi connectivity index (χ4v) is 5.52. The zero-order valence-electron chi connectivity index (χ0n) is 24.5. The van der Waals surface area contributed by atoms with Gasteiger partial charge in [-0.15, -0.1) is 0 Å². The molecule has 7 heteroatoms. The number of carbonyl (C=O) groups excluding carboxylic acids is 2. The number of hydrogen-bond acceptors (Lipinski definition) is 5. The van der Waals surface area contributed by atoms with Gasteiger partial charge in [0.15, 0.2) is 0 Å². The zero-order valence-corrected chi connectivity index (χ0v) is 24.5. The Bertz CT molecular complexity index is 1360. The van der Waals surface area contributed by atoms with Crippen LogP contribution in [0.25, 0.3) is 0 Å². The summed E-state index contributed by atoms with van der Waals surface area (Å²) in [7, 11) is 0. The summed E-state index contributed by atoms with van der Waals surface area (Å²) >= 11 is 0. The van der Waals surface area contributed by atoms with Crippen molar-refractivity contribution in [3.8, 4) is 0 Å². The third-order valence-electron chi connectivity index (χ3n) is 8.02. The van der Waals surface area contributed by atoms with Crippen molar-refractivity contribution in [2.24, 2.45) is 0 Å². The molecule has 2 aliphatic rings. The Balaban J connectivity index is 1.32. The Morgan fingerprint density at radius 2 is 1.61 bits per heavy atom. The summed E-state index contributed by atoms with van der Waals surface area (Å²) < 4.78 is 5.43. The molecule has 0 radical (unpaired) electrons. The van der Waals surface area contributed by atoms with Gasteiger partial charge in [0.05, 0.1) is 18.8 Å². The van der Waals surface area contributed by atoms with Crippen molar-refractivity contribution in [3.05, 3.63) is 94.5 Å². The first-order chi connectivity index (χ1) is 19.8. The van der Waals surface area contributed by atoms with Crippen LogP contribution in [0, 0.1) is 0 Å². The predicted molar refractivity (Wildman–Crippen MR) is 165 cm³/mol. The first-order valence-electron chi connectivity index (χ1n) is 14.7. The van der Waals surface area contributed by atoms with Crippen LogP contribution in [0.2, 0.25) is 0 Å². The normalized spacial score (nSPS) is 15.7. The van der Waals surface area contributed by atoms with E-state index in [9.17, 15) is 9.59 Å². The standard InChI is InChI=1S/C34H42N4O3/c1-34(2,3)28-11-9-26(10-12-28)32(39)36-29-13-14-31(38-18-15-25-7-4-5-8-27(25)24-38)30(23-29)33(40)35-16-6-17-37-19-21-41-22-20-37/h4-5,7-14,23H,6,15-22,24H2,1-3H3,(H,35,40)(H,36,39). The number of carbonyl (C=O) groups is 2. The number of fused-ring (bicyclic) bond motifs is 1. The molecule has 2 amide bonds. The van der Waals surface area contributed by atoms with Crippen LogP contribution in [-0.4, -0.2) is 62.7 Å². The molecule has 216 valence electrons. The molecular weight excluding hydrogens is 512 g/mol. The van der Waals surface area contributed by atoms with Crippen molar-refractivity contribution in [2.75, 3.05) is 56.2 Å². The Kier molecular flexibility index (Phi) is 9.06. The number of ether oxygens (including phenoxy) is 1. The molecule has 2 N–H and O–H groups in total. The molecule has 0 aliphatic carbocycles. The van der Waals surface area contributed by atoms with Crippen molar-refractivity contribution in [1.29, 1.82) is 0 Å². The second kappa shape index (κ2) is 12.9. The molecular formula is C34H42N4O3. The highest BCUT2D eigenvalue weighted by Gasteiger charge is 2.22. The highest BCUT2D eigenvalue weighted by atomic mass is 16.5. The van der Waals surface area contributed by atoms with Gasteiger partial charge in [0.25, 0.3) is 11.8 Å². The van der Waals surface area contributed by atoms with Crippen LogP contribution in [0.1, 0.15) is 64.6 Å². The van der Waals surface area contributed by atoms with Gasteiger partial charge in [-0.2, -0.15) is 0 Å². The molecule has 7 nitrogen and oxygen atoms in total. The maximum atomic E-state index is 13.6. The quantitative estimate of drug-likeness (QED) is 0.372. The van der Waals surface area contributed by atoms with Crippen LogP contribution < -0.4 is 15.5 Å². The van der Waals surface area contributed by atoms with E-state index >= 15 is 0 Å². The minimum atomic E-state index is -0.193. The summed E-state index contributed by atoms with van der Waals surface area (Å²) in [4.78, 5) is 31.3. The lowest BCUT2D eigenvalue weighted by molar-refractivity contribution is 0.0374. The number of nitrogens with zero attached hydrogens (tertiary/aromatic N) is 2. The van der Waals surface area contributed by atoms with E-state index < -0.39 is 0 Å². The molecule has 3 aromatic rings. The summed E-state index contributed by atoms with van der Waals surface area (Å²) in [5.41, 5.74) is 6.50. The highest BCUT2D eigenvalue weighted by Crippen LogP contribution is 2.30. The third-order valence-corrected chi connectivity index (χ3v) is 8.02. The monoisotopic (exact) mass is 554 g/mol. The molecule has 0 atom stereocenters. The zero-order chi connectivity index (χ0) is 28.8. The van der Waals surface area contributed by atoms with E-state index in [4.69, 9.17) is 4.74 Å². The van der Waals surface area contributed by atoms with E-state index in [0.717, 1.165) is 64.5 Å². The Labute approximate surface area is 243 Å². The van der Waals surface area contributed by atoms with Gasteiger partial charge in [-0.1, -0.05) is 57.2 Å². The Hall–Kier alpha value is -3.68. The van der Waals surface area contributed by atoms with Crippen LogP contribution >= 0.6 is 0 Å². The van der Waals surface area contributed by atoms with Gasteiger partial charge in [0.1, 0.15) is 0 Å². The molecule has 5 rings (SSSR count). The number of benzene rings is 3. The maximum absolute atomic E-state index is 13.6. The molecule has 1 fully saturated rings. The summed E-state index contributed by atoms with van der Waals surface area (Å²) in [6, 6.07) is 21.9. The van der Waals surface area contributed by atoms with Gasteiger partial charge >= 0.3 is 0 Å². The average Bonchev–Trinajstić information content (AvgIpc) is 2.99. The van der Waals surface area contributed by atoms with Crippen molar-refractivity contribution in [3.63, 3.8) is 0 Å². The lowest BCUT2D eigenvalue weighted by atomic mass is 9.87. The SMILES string of the molecule is CC(C)(C)c1ccc(C(=O)Nc2ccc(N3CCc4ccccc4C3)c(C(=O)NCCCN3CCOCC3)c2)cc1. The lowest BCUT2D eigenvalue weighted by Crippen LogP contribution is -2.38. The molecule has 0 spiro atoms. The van der Waals surface area contributed by atoms with Crippen LogP contribution in [0.3, 0.4) is 0 Å². The summed E-state index contributed by atoms with van der Waals surface area (Å²) in [6.07, 6.45) is 1.80. The molecule has 0 unspecified atom stereocenters. The van der Waals surface area contributed by atoms with Crippen molar-refractivity contribution in [1.82, 2.24) is 10.2 Å². The maximum Gasteiger partial charge on any atom is 0.255 e. The molecule has 0 saturated carbocycles. The van der Waals surface area contributed by atoms with E-state index in [1.54, 1.807) is 0 Å². The number of anilines is 2. The van der Waals surface area contributed by atoms with Crippen LogP contribution in [-0.2, 0) is 23.1 Å². The molecule has 0 bridgehead atoms. The molecule has 2 heterocycles. The Morgan fingerprint density at radius 3 is 2.34 bits per heavy atom. The van der Waals surface area contributed by atoms with Gasteiger partial charge in [0, 0.05) is 49.7 Å². The number of amides is 2. The highest BCUT2D eigenvalue weighted by molar-refractivity contribution is 6.06. The van der Waals surface area contributed by atoms with E-state index in [-0.39, 0.29) is 17.2 Å². The van der Waals surface area contributed by atoms with E-state index in [1.807, 2.05) is 42.5 Å². The molecule has 1 saturated heterocycles. The second-order valence-corrected chi connectivity index (χ2v) is 12.0. The molecule has 0 aromatic heterocycles. The van der Waals surface area contributed by atoms with Crippen LogP contribution in [0.15, 0.2) is 66.7 Å². The van der Waals surface area contributed by atoms with Crippen molar-refractivity contribution in [2.45, 2.75) is 45.6 Å². The van der Waals surface area contributed by atoms with Gasteiger partial charge in [-0.25, -0.2) is 0 Å². The van der Waals surface area contributed by atoms with Gasteiger partial charge in [-0.3, -0.25) is 14.5 Å². The number of hydrogen-bond donors (Lipinski definition) is 2. The smallest absolute Gasteiger partial charge is 0.255 e. The summed E-state index contributed by atoms with van der Waals surface area (Å²) in [6.45, 7) is 13.0. The number of nitrogens with one attached hydrogen (secondary N) is 2. The minimum absolute atomic E-state index is 0.0181. The fraction of sp³-hybridized carbons (Fsp3) is 0.412. The Morgan fingerprint density at radius 1 is 0.878 bits per heavy atom. The van der Waals surface area contributed by atoms with Crippen LogP contribution in [0.4, 0.5) is 11.4 Å². The van der Waals surface area contributed by atoms with Crippen molar-refractivity contribution < 1.29 is 14.3 Å². The van der Waals surface area contributed by atoms with E-state index in [0.29, 0.717) is 23.4 Å². The summed E-state index contributed by atoms with van der Waals surface area (Å²) in [5.74, 6) is -0.312. The minimum Gasteiger partial charge on any atom is -0.379 e. The number of morpholine rings is 1. The molecule has 3 aromatic carbocycles. The molecule has 2 aliphatic heterocycles. The topological polar surface area (TPSA) is 73.9 Å². The van der Waals surface area contributed by atoms with E-state index in [2.05, 4.69) is 65.5 Å². The van der Waals surface area contributed by atoms with Crippen LogP contribution in [0.5, 0.6) is 0 Å². The summed E-state index contributed by atoms with van der Waals surface area (Å²) in [5, 5.41) is 6.15. The number of rotatable bonds is 8. The lowest BCUT2D eigenvalue weighted by Gasteiger charge is -2.32. The molecule has 41 heavy (non-hydrogen) atoms. The third kappa shape index (κ3) is 7.34. The fourth-order valence-electron chi connectivity index (χ4n) is 5.52. The predicted octanol–water partition coefficient (Wildman–Crippen LogP) is 5.25.